The molecule has 3 nitrogen and oxygen atoms in total. The van der Waals surface area contributed by atoms with E-state index in [0.717, 1.165) is 23.4 Å². The third-order valence-electron chi connectivity index (χ3n) is 3.93. The molecular weight excluding hydrogens is 302 g/mol. The summed E-state index contributed by atoms with van der Waals surface area (Å²) in [6.45, 7) is 2.15. The van der Waals surface area contributed by atoms with Gasteiger partial charge in [0.2, 0.25) is 0 Å². The molecule has 3 rings (SSSR count). The molecule has 0 aliphatic carbocycles. The Morgan fingerprint density at radius 1 is 1.21 bits per heavy atom. The van der Waals surface area contributed by atoms with Gasteiger partial charge in [-0.2, -0.15) is 0 Å². The molecular formula is C15H18BrN3. The summed E-state index contributed by atoms with van der Waals surface area (Å²) in [4.78, 5) is 7.01. The largest absolute Gasteiger partial charge is 0.356 e. The highest BCUT2D eigenvalue weighted by atomic mass is 79.9. The van der Waals surface area contributed by atoms with Crippen LogP contribution in [0, 0.1) is 0 Å². The normalized spacial score (nSPS) is 17.1. The summed E-state index contributed by atoms with van der Waals surface area (Å²) in [6.07, 6.45) is 4.28. The summed E-state index contributed by atoms with van der Waals surface area (Å²) < 4.78 is 1.14. The van der Waals surface area contributed by atoms with E-state index in [2.05, 4.69) is 55.4 Å². The van der Waals surface area contributed by atoms with Gasteiger partial charge in [0.25, 0.3) is 0 Å². The van der Waals surface area contributed by atoms with Crippen molar-refractivity contribution < 1.29 is 0 Å². The first kappa shape index (κ1) is 12.9. The van der Waals surface area contributed by atoms with Gasteiger partial charge in [-0.05, 0) is 32.0 Å². The lowest BCUT2D eigenvalue weighted by Crippen LogP contribution is -2.41. The smallest absolute Gasteiger partial charge is 0.136 e. The molecule has 1 fully saturated rings. The number of rotatable bonds is 2. The lowest BCUT2D eigenvalue weighted by Gasteiger charge is -2.33. The number of pyridine rings is 1. The van der Waals surface area contributed by atoms with Crippen LogP contribution >= 0.6 is 15.9 Å². The van der Waals surface area contributed by atoms with Crippen LogP contribution in [0.15, 0.2) is 34.9 Å². The van der Waals surface area contributed by atoms with Crippen LogP contribution in [0.25, 0.3) is 10.8 Å². The minimum Gasteiger partial charge on any atom is -0.356 e. The predicted molar refractivity (Wildman–Crippen MR) is 83.7 cm³/mol. The third-order valence-corrected chi connectivity index (χ3v) is 4.63. The van der Waals surface area contributed by atoms with E-state index < -0.39 is 0 Å². The molecule has 0 amide bonds. The number of benzene rings is 1. The third kappa shape index (κ3) is 2.47. The first-order valence-corrected chi connectivity index (χ1v) is 7.54. The van der Waals surface area contributed by atoms with Gasteiger partial charge in [-0.3, -0.25) is 0 Å². The van der Waals surface area contributed by atoms with Gasteiger partial charge in [0.15, 0.2) is 0 Å². The number of anilines is 1. The minimum atomic E-state index is 0.651. The van der Waals surface area contributed by atoms with Crippen LogP contribution < -0.4 is 10.2 Å². The van der Waals surface area contributed by atoms with Gasteiger partial charge in [-0.15, -0.1) is 0 Å². The Morgan fingerprint density at radius 3 is 2.74 bits per heavy atom. The molecule has 0 saturated carbocycles. The molecule has 1 aromatic carbocycles. The second-order valence-electron chi connectivity index (χ2n) is 5.02. The maximum absolute atomic E-state index is 4.61. The van der Waals surface area contributed by atoms with Gasteiger partial charge in [0.1, 0.15) is 5.82 Å². The van der Waals surface area contributed by atoms with Crippen LogP contribution in [-0.4, -0.2) is 31.2 Å². The van der Waals surface area contributed by atoms with E-state index in [1.54, 1.807) is 0 Å². The average molecular weight is 320 g/mol. The highest BCUT2D eigenvalue weighted by Crippen LogP contribution is 2.30. The molecule has 2 aromatic rings. The molecule has 0 bridgehead atoms. The summed E-state index contributed by atoms with van der Waals surface area (Å²) in [5.41, 5.74) is 0. The minimum absolute atomic E-state index is 0.651. The maximum Gasteiger partial charge on any atom is 0.136 e. The highest BCUT2D eigenvalue weighted by molar-refractivity contribution is 9.10. The standard InChI is InChI=1S/C15H18BrN3/c1-17-11-6-9-19(10-7-11)15-13-3-2-4-14(16)12(13)5-8-18-15/h2-5,8,11,17H,6-7,9-10H2,1H3. The van der Waals surface area contributed by atoms with E-state index in [0.29, 0.717) is 6.04 Å². The molecule has 4 heteroatoms. The Labute approximate surface area is 122 Å². The number of aromatic nitrogens is 1. The van der Waals surface area contributed by atoms with Crippen molar-refractivity contribution in [1.82, 2.24) is 10.3 Å². The monoisotopic (exact) mass is 319 g/mol. The molecule has 0 unspecified atom stereocenters. The second-order valence-corrected chi connectivity index (χ2v) is 5.87. The van der Waals surface area contributed by atoms with Crippen LogP contribution in [0.3, 0.4) is 0 Å². The van der Waals surface area contributed by atoms with Gasteiger partial charge < -0.3 is 10.2 Å². The zero-order valence-corrected chi connectivity index (χ0v) is 12.7. The maximum atomic E-state index is 4.61. The Bertz CT molecular complexity index is 577. The van der Waals surface area contributed by atoms with Crippen LogP contribution in [0.2, 0.25) is 0 Å². The molecule has 19 heavy (non-hydrogen) atoms. The van der Waals surface area contributed by atoms with E-state index in [4.69, 9.17) is 0 Å². The van der Waals surface area contributed by atoms with Crippen molar-refractivity contribution in [3.63, 3.8) is 0 Å². The number of hydrogen-bond donors (Lipinski definition) is 1. The number of hydrogen-bond acceptors (Lipinski definition) is 3. The zero-order valence-electron chi connectivity index (χ0n) is 11.1. The van der Waals surface area contributed by atoms with Crippen LogP contribution in [0.5, 0.6) is 0 Å². The van der Waals surface area contributed by atoms with Gasteiger partial charge >= 0.3 is 0 Å². The molecule has 1 aliphatic heterocycles. The van der Waals surface area contributed by atoms with Crippen molar-refractivity contribution in [2.24, 2.45) is 0 Å². The molecule has 1 N–H and O–H groups in total. The number of piperidine rings is 1. The van der Waals surface area contributed by atoms with Gasteiger partial charge in [0, 0.05) is 40.6 Å². The SMILES string of the molecule is CNC1CCN(c2nccc3c(Br)cccc23)CC1. The quantitative estimate of drug-likeness (QED) is 0.921. The zero-order chi connectivity index (χ0) is 13.2. The van der Waals surface area contributed by atoms with E-state index >= 15 is 0 Å². The van der Waals surface area contributed by atoms with E-state index in [1.807, 2.05) is 13.2 Å². The molecule has 1 aliphatic rings. The summed E-state index contributed by atoms with van der Waals surface area (Å²) in [5, 5.41) is 5.84. The van der Waals surface area contributed by atoms with Crippen LogP contribution in [0.4, 0.5) is 5.82 Å². The molecule has 0 atom stereocenters. The van der Waals surface area contributed by atoms with Crippen LogP contribution in [0.1, 0.15) is 12.8 Å². The fraction of sp³-hybridized carbons (Fsp3) is 0.400. The molecule has 0 radical (unpaired) electrons. The van der Waals surface area contributed by atoms with E-state index in [-0.39, 0.29) is 0 Å². The van der Waals surface area contributed by atoms with Crippen molar-refractivity contribution in [2.45, 2.75) is 18.9 Å². The molecule has 2 heterocycles. The van der Waals surface area contributed by atoms with E-state index in [9.17, 15) is 0 Å². The molecule has 1 saturated heterocycles. The lowest BCUT2D eigenvalue weighted by molar-refractivity contribution is 0.441. The Morgan fingerprint density at radius 2 is 2.00 bits per heavy atom. The summed E-state index contributed by atoms with van der Waals surface area (Å²) in [6, 6.07) is 9.05. The Hall–Kier alpha value is -1.13. The first-order chi connectivity index (χ1) is 9.29. The highest BCUT2D eigenvalue weighted by Gasteiger charge is 2.20. The number of halogens is 1. The lowest BCUT2D eigenvalue weighted by atomic mass is 10.0. The van der Waals surface area contributed by atoms with Gasteiger partial charge in [-0.1, -0.05) is 28.1 Å². The summed E-state index contributed by atoms with van der Waals surface area (Å²) in [7, 11) is 2.05. The van der Waals surface area contributed by atoms with Crippen molar-refractivity contribution in [2.75, 3.05) is 25.0 Å². The molecule has 100 valence electrons. The topological polar surface area (TPSA) is 28.2 Å². The first-order valence-electron chi connectivity index (χ1n) is 6.75. The molecule has 1 aromatic heterocycles. The Balaban J connectivity index is 1.95. The van der Waals surface area contributed by atoms with Crippen molar-refractivity contribution in [1.29, 1.82) is 0 Å². The predicted octanol–water partition coefficient (Wildman–Crippen LogP) is 3.19. The van der Waals surface area contributed by atoms with Crippen LogP contribution in [-0.2, 0) is 0 Å². The number of nitrogens with one attached hydrogen (secondary N) is 1. The van der Waals surface area contributed by atoms with Gasteiger partial charge in [0.05, 0.1) is 0 Å². The van der Waals surface area contributed by atoms with Crippen molar-refractivity contribution >= 4 is 32.5 Å². The van der Waals surface area contributed by atoms with E-state index in [1.165, 1.54) is 23.6 Å². The van der Waals surface area contributed by atoms with Gasteiger partial charge in [-0.25, -0.2) is 4.98 Å². The summed E-state index contributed by atoms with van der Waals surface area (Å²) >= 11 is 3.62. The number of nitrogens with zero attached hydrogens (tertiary/aromatic N) is 2. The second kappa shape index (κ2) is 5.47. The Kier molecular flexibility index (Phi) is 3.71. The molecule has 0 spiro atoms. The van der Waals surface area contributed by atoms with Crippen molar-refractivity contribution in [3.8, 4) is 0 Å². The fourth-order valence-corrected chi connectivity index (χ4v) is 3.28. The average Bonchev–Trinajstić information content (AvgIpc) is 2.47. The summed E-state index contributed by atoms with van der Waals surface area (Å²) in [5.74, 6) is 1.12. The fourth-order valence-electron chi connectivity index (χ4n) is 2.79. The van der Waals surface area contributed by atoms with Crippen molar-refractivity contribution in [3.05, 3.63) is 34.9 Å². The number of fused-ring (bicyclic) bond motifs is 1.